The molecule has 162 valence electrons. The molecule has 0 radical (unpaired) electrons. The molecular formula is C23H25F2N5O. The van der Waals surface area contributed by atoms with E-state index in [2.05, 4.69) is 10.3 Å². The standard InChI is InChI=1S/C23H25F2N5O/c1-23(25,31)15-30-10-4-6-17(14-30)22-28-20(16-5-3-9-26-13-16)12-21(29-22)27-19-8-2-7-18(24)11-19/h2-3,5,7-9,11-13,17,31H,4,6,10,14-15H2,1H3,(H,27,28,29). The zero-order valence-electron chi connectivity index (χ0n) is 17.3. The van der Waals surface area contributed by atoms with E-state index < -0.39 is 5.85 Å². The van der Waals surface area contributed by atoms with Gasteiger partial charge in [0.25, 0.3) is 0 Å². The van der Waals surface area contributed by atoms with Gasteiger partial charge in [-0.05, 0) is 56.6 Å². The number of rotatable bonds is 6. The average molecular weight is 425 g/mol. The fraction of sp³-hybridized carbons (Fsp3) is 0.348. The first kappa shape index (κ1) is 21.3. The number of alkyl halides is 1. The van der Waals surface area contributed by atoms with Gasteiger partial charge in [-0.15, -0.1) is 0 Å². The molecule has 1 aromatic carbocycles. The normalized spacial score (nSPS) is 19.0. The van der Waals surface area contributed by atoms with Gasteiger partial charge in [0.05, 0.1) is 12.2 Å². The molecule has 1 fully saturated rings. The Bertz CT molecular complexity index is 1030. The van der Waals surface area contributed by atoms with Crippen molar-refractivity contribution < 1.29 is 13.9 Å². The molecule has 2 unspecified atom stereocenters. The highest BCUT2D eigenvalue weighted by Gasteiger charge is 2.29. The lowest BCUT2D eigenvalue weighted by atomic mass is 9.96. The summed E-state index contributed by atoms with van der Waals surface area (Å²) >= 11 is 0. The van der Waals surface area contributed by atoms with Crippen LogP contribution in [-0.2, 0) is 0 Å². The van der Waals surface area contributed by atoms with Gasteiger partial charge in [0.2, 0.25) is 5.85 Å². The molecule has 1 aliphatic rings. The summed E-state index contributed by atoms with van der Waals surface area (Å²) in [4.78, 5) is 15.5. The maximum absolute atomic E-state index is 13.8. The molecule has 0 amide bonds. The summed E-state index contributed by atoms with van der Waals surface area (Å²) in [5.41, 5.74) is 2.12. The van der Waals surface area contributed by atoms with Gasteiger partial charge in [0.1, 0.15) is 17.5 Å². The number of β-amino-alcohol motifs (C(OH)–C–C–N with tert-alkyl or cyclic N) is 1. The first-order valence-electron chi connectivity index (χ1n) is 10.3. The fourth-order valence-electron chi connectivity index (χ4n) is 3.91. The van der Waals surface area contributed by atoms with Gasteiger partial charge in [0.15, 0.2) is 0 Å². The zero-order valence-corrected chi connectivity index (χ0v) is 17.3. The monoisotopic (exact) mass is 425 g/mol. The van der Waals surface area contributed by atoms with Gasteiger partial charge in [-0.3, -0.25) is 9.88 Å². The van der Waals surface area contributed by atoms with Crippen molar-refractivity contribution >= 4 is 11.5 Å². The Hall–Kier alpha value is -2.97. The van der Waals surface area contributed by atoms with Crippen molar-refractivity contribution in [1.82, 2.24) is 19.9 Å². The largest absolute Gasteiger partial charge is 0.361 e. The molecule has 0 bridgehead atoms. The van der Waals surface area contributed by atoms with Gasteiger partial charge in [0, 0.05) is 42.2 Å². The Kier molecular flexibility index (Phi) is 6.20. The lowest BCUT2D eigenvalue weighted by Gasteiger charge is -2.34. The lowest BCUT2D eigenvalue weighted by Crippen LogP contribution is -2.43. The van der Waals surface area contributed by atoms with Crippen LogP contribution in [0.3, 0.4) is 0 Å². The van der Waals surface area contributed by atoms with Crippen molar-refractivity contribution in [1.29, 1.82) is 0 Å². The number of nitrogens with zero attached hydrogens (tertiary/aromatic N) is 4. The third kappa shape index (κ3) is 5.80. The van der Waals surface area contributed by atoms with Crippen LogP contribution in [0, 0.1) is 5.82 Å². The van der Waals surface area contributed by atoms with Crippen LogP contribution in [0.2, 0.25) is 0 Å². The van der Waals surface area contributed by atoms with Crippen molar-refractivity contribution in [3.63, 3.8) is 0 Å². The van der Waals surface area contributed by atoms with E-state index in [1.165, 1.54) is 12.1 Å². The molecule has 1 aliphatic heterocycles. The Morgan fingerprint density at radius 2 is 2.10 bits per heavy atom. The molecule has 0 aliphatic carbocycles. The molecule has 3 aromatic rings. The molecular weight excluding hydrogens is 400 g/mol. The van der Waals surface area contributed by atoms with E-state index in [4.69, 9.17) is 9.97 Å². The van der Waals surface area contributed by atoms with Gasteiger partial charge in [-0.1, -0.05) is 6.07 Å². The molecule has 6 nitrogen and oxygen atoms in total. The van der Waals surface area contributed by atoms with Gasteiger partial charge >= 0.3 is 0 Å². The summed E-state index contributed by atoms with van der Waals surface area (Å²) in [5.74, 6) is -1.43. The number of halogens is 2. The van der Waals surface area contributed by atoms with E-state index in [9.17, 15) is 13.9 Å². The van der Waals surface area contributed by atoms with E-state index in [0.29, 0.717) is 36.1 Å². The third-order valence-corrected chi connectivity index (χ3v) is 5.18. The Balaban J connectivity index is 1.66. The number of anilines is 2. The Labute approximate surface area is 180 Å². The average Bonchev–Trinajstić information content (AvgIpc) is 2.73. The van der Waals surface area contributed by atoms with Crippen LogP contribution in [0.15, 0.2) is 54.9 Å². The second kappa shape index (κ2) is 9.03. The van der Waals surface area contributed by atoms with Crippen molar-refractivity contribution in [2.75, 3.05) is 25.0 Å². The summed E-state index contributed by atoms with van der Waals surface area (Å²) in [7, 11) is 0. The van der Waals surface area contributed by atoms with E-state index in [1.807, 2.05) is 17.0 Å². The summed E-state index contributed by atoms with van der Waals surface area (Å²) in [6.45, 7) is 2.38. The fourth-order valence-corrected chi connectivity index (χ4v) is 3.91. The van der Waals surface area contributed by atoms with E-state index in [0.717, 1.165) is 25.3 Å². The maximum Gasteiger partial charge on any atom is 0.216 e. The number of aliphatic hydroxyl groups is 1. The zero-order chi connectivity index (χ0) is 21.8. The smallest absolute Gasteiger partial charge is 0.216 e. The molecule has 8 heteroatoms. The number of piperidine rings is 1. The minimum absolute atomic E-state index is 0.0132. The van der Waals surface area contributed by atoms with E-state index in [1.54, 1.807) is 30.6 Å². The highest BCUT2D eigenvalue weighted by atomic mass is 19.2. The van der Waals surface area contributed by atoms with Crippen molar-refractivity contribution in [2.45, 2.75) is 31.5 Å². The van der Waals surface area contributed by atoms with Crippen LogP contribution in [0.25, 0.3) is 11.3 Å². The number of aromatic nitrogens is 3. The van der Waals surface area contributed by atoms with Gasteiger partial charge in [-0.2, -0.15) is 0 Å². The minimum atomic E-state index is -2.25. The number of nitrogens with one attached hydrogen (secondary N) is 1. The first-order valence-corrected chi connectivity index (χ1v) is 10.3. The SMILES string of the molecule is CC(O)(F)CN1CCCC(c2nc(Nc3cccc(F)c3)cc(-c3cccnc3)n2)C1. The van der Waals surface area contributed by atoms with Gasteiger partial charge < -0.3 is 10.4 Å². The maximum atomic E-state index is 13.8. The Morgan fingerprint density at radius 1 is 1.23 bits per heavy atom. The summed E-state index contributed by atoms with van der Waals surface area (Å²) in [6.07, 6.45) is 5.14. The number of pyridine rings is 1. The summed E-state index contributed by atoms with van der Waals surface area (Å²) in [6, 6.07) is 11.7. The van der Waals surface area contributed by atoms with Crippen LogP contribution in [0.5, 0.6) is 0 Å². The van der Waals surface area contributed by atoms with Gasteiger partial charge in [-0.25, -0.2) is 18.7 Å². The third-order valence-electron chi connectivity index (χ3n) is 5.18. The first-order chi connectivity index (χ1) is 14.9. The molecule has 31 heavy (non-hydrogen) atoms. The predicted molar refractivity (Wildman–Crippen MR) is 115 cm³/mol. The molecule has 4 rings (SSSR count). The van der Waals surface area contributed by atoms with Crippen molar-refractivity contribution in [3.05, 3.63) is 66.5 Å². The molecule has 2 atom stereocenters. The lowest BCUT2D eigenvalue weighted by molar-refractivity contribution is -0.0952. The summed E-state index contributed by atoms with van der Waals surface area (Å²) < 4.78 is 27.4. The number of likely N-dealkylation sites (tertiary alicyclic amines) is 1. The second-order valence-corrected chi connectivity index (χ2v) is 8.09. The highest BCUT2D eigenvalue weighted by molar-refractivity contribution is 5.65. The van der Waals surface area contributed by atoms with Crippen LogP contribution < -0.4 is 5.32 Å². The number of hydrogen-bond donors (Lipinski definition) is 2. The second-order valence-electron chi connectivity index (χ2n) is 8.09. The van der Waals surface area contributed by atoms with Crippen molar-refractivity contribution in [2.24, 2.45) is 0 Å². The summed E-state index contributed by atoms with van der Waals surface area (Å²) in [5, 5.41) is 12.7. The molecule has 2 N–H and O–H groups in total. The van der Waals surface area contributed by atoms with Crippen LogP contribution in [0.4, 0.5) is 20.3 Å². The molecule has 3 heterocycles. The van der Waals surface area contributed by atoms with E-state index in [-0.39, 0.29) is 18.3 Å². The topological polar surface area (TPSA) is 74.2 Å². The quantitative estimate of drug-likeness (QED) is 0.614. The number of benzene rings is 1. The van der Waals surface area contributed by atoms with Crippen LogP contribution >= 0.6 is 0 Å². The van der Waals surface area contributed by atoms with Crippen LogP contribution in [-0.4, -0.2) is 50.4 Å². The molecule has 2 aromatic heterocycles. The number of hydrogen-bond acceptors (Lipinski definition) is 6. The molecule has 0 saturated carbocycles. The molecule has 0 spiro atoms. The molecule has 1 saturated heterocycles. The van der Waals surface area contributed by atoms with Crippen LogP contribution in [0.1, 0.15) is 31.5 Å². The van der Waals surface area contributed by atoms with E-state index >= 15 is 0 Å². The Morgan fingerprint density at radius 3 is 2.84 bits per heavy atom. The van der Waals surface area contributed by atoms with Crippen molar-refractivity contribution in [3.8, 4) is 11.3 Å². The highest BCUT2D eigenvalue weighted by Crippen LogP contribution is 2.30. The predicted octanol–water partition coefficient (Wildman–Crippen LogP) is 4.28. The minimum Gasteiger partial charge on any atom is -0.361 e.